The lowest BCUT2D eigenvalue weighted by Crippen LogP contribution is -2.38. The molecule has 5 heteroatoms. The number of aromatic nitrogens is 1. The smallest absolute Gasteiger partial charge is 0.234 e. The van der Waals surface area contributed by atoms with Crippen LogP contribution in [0, 0.1) is 0 Å². The largest absolute Gasteiger partial charge is 0.367 e. The minimum Gasteiger partial charge on any atom is -0.367 e. The van der Waals surface area contributed by atoms with Gasteiger partial charge in [-0.1, -0.05) is 0 Å². The molecule has 1 amide bonds. The summed E-state index contributed by atoms with van der Waals surface area (Å²) in [6.07, 6.45) is 4.88. The van der Waals surface area contributed by atoms with E-state index in [0.29, 0.717) is 13.1 Å². The molecule has 0 aliphatic carbocycles. The van der Waals surface area contributed by atoms with Crippen molar-refractivity contribution >= 4 is 5.91 Å². The standard InChI is InChI=1S/C12H20N4O/c17-12(15-9-11-2-4-14-8-11)10-16-6-1-3-13-5-7-16/h2,4,8,13-14H,1,3,5-7,9-10H2,(H,15,17). The molecule has 0 spiro atoms. The van der Waals surface area contributed by atoms with Crippen LogP contribution in [0.5, 0.6) is 0 Å². The predicted molar refractivity (Wildman–Crippen MR) is 66.6 cm³/mol. The number of hydrogen-bond acceptors (Lipinski definition) is 3. The number of amides is 1. The van der Waals surface area contributed by atoms with Crippen LogP contribution in [-0.4, -0.2) is 48.5 Å². The topological polar surface area (TPSA) is 60.2 Å². The molecule has 1 aromatic rings. The molecule has 5 nitrogen and oxygen atoms in total. The van der Waals surface area contributed by atoms with E-state index in [1.807, 2.05) is 18.5 Å². The molecule has 0 aromatic carbocycles. The molecule has 2 heterocycles. The maximum atomic E-state index is 11.7. The number of rotatable bonds is 4. The molecule has 1 saturated heterocycles. The summed E-state index contributed by atoms with van der Waals surface area (Å²) in [5.74, 6) is 0.105. The van der Waals surface area contributed by atoms with Crippen LogP contribution in [0.4, 0.5) is 0 Å². The third-order valence-corrected chi connectivity index (χ3v) is 2.95. The van der Waals surface area contributed by atoms with E-state index >= 15 is 0 Å². The second kappa shape index (κ2) is 6.42. The summed E-state index contributed by atoms with van der Waals surface area (Å²) in [5, 5.41) is 6.26. The molecule has 0 unspecified atom stereocenters. The first-order valence-electron chi connectivity index (χ1n) is 6.16. The van der Waals surface area contributed by atoms with Crippen molar-refractivity contribution in [2.24, 2.45) is 0 Å². The van der Waals surface area contributed by atoms with Gasteiger partial charge >= 0.3 is 0 Å². The lowest BCUT2D eigenvalue weighted by atomic mass is 10.3. The lowest BCUT2D eigenvalue weighted by molar-refractivity contribution is -0.122. The van der Waals surface area contributed by atoms with Gasteiger partial charge in [0.25, 0.3) is 0 Å². The Morgan fingerprint density at radius 3 is 3.18 bits per heavy atom. The van der Waals surface area contributed by atoms with E-state index in [4.69, 9.17) is 0 Å². The molecule has 17 heavy (non-hydrogen) atoms. The van der Waals surface area contributed by atoms with Crippen LogP contribution in [0.1, 0.15) is 12.0 Å². The van der Waals surface area contributed by atoms with Crippen molar-refractivity contribution in [3.8, 4) is 0 Å². The Kier molecular flexibility index (Phi) is 4.58. The Balaban J connectivity index is 1.69. The lowest BCUT2D eigenvalue weighted by Gasteiger charge is -2.18. The highest BCUT2D eigenvalue weighted by Crippen LogP contribution is 1.97. The van der Waals surface area contributed by atoms with Crippen molar-refractivity contribution in [3.05, 3.63) is 24.0 Å². The van der Waals surface area contributed by atoms with E-state index in [1.54, 1.807) is 0 Å². The van der Waals surface area contributed by atoms with Gasteiger partial charge in [0.2, 0.25) is 5.91 Å². The number of nitrogens with one attached hydrogen (secondary N) is 3. The van der Waals surface area contributed by atoms with E-state index in [9.17, 15) is 4.79 Å². The minimum atomic E-state index is 0.105. The highest BCUT2D eigenvalue weighted by Gasteiger charge is 2.12. The summed E-state index contributed by atoms with van der Waals surface area (Å²) in [5.41, 5.74) is 1.11. The first-order chi connectivity index (χ1) is 8.34. The second-order valence-electron chi connectivity index (χ2n) is 4.38. The van der Waals surface area contributed by atoms with Crippen LogP contribution >= 0.6 is 0 Å². The predicted octanol–water partition coefficient (Wildman–Crippen LogP) is -0.0738. The summed E-state index contributed by atoms with van der Waals surface area (Å²) < 4.78 is 0. The molecule has 1 fully saturated rings. The quantitative estimate of drug-likeness (QED) is 0.685. The van der Waals surface area contributed by atoms with Gasteiger partial charge in [0.1, 0.15) is 0 Å². The highest BCUT2D eigenvalue weighted by atomic mass is 16.2. The molecular weight excluding hydrogens is 216 g/mol. The zero-order chi connectivity index (χ0) is 11.9. The van der Waals surface area contributed by atoms with Crippen LogP contribution in [0.3, 0.4) is 0 Å². The minimum absolute atomic E-state index is 0.105. The molecular formula is C12H20N4O. The van der Waals surface area contributed by atoms with E-state index in [-0.39, 0.29) is 5.91 Å². The average molecular weight is 236 g/mol. The molecule has 94 valence electrons. The van der Waals surface area contributed by atoms with Gasteiger partial charge in [0.15, 0.2) is 0 Å². The van der Waals surface area contributed by atoms with E-state index < -0.39 is 0 Å². The molecule has 0 radical (unpaired) electrons. The maximum Gasteiger partial charge on any atom is 0.234 e. The Labute approximate surface area is 102 Å². The first-order valence-corrected chi connectivity index (χ1v) is 6.16. The SMILES string of the molecule is O=C(CN1CCCNCC1)NCc1cc[nH]c1. The van der Waals surface area contributed by atoms with Gasteiger partial charge in [0.05, 0.1) is 6.54 Å². The Bertz CT molecular complexity index is 328. The van der Waals surface area contributed by atoms with E-state index in [1.165, 1.54) is 0 Å². The second-order valence-corrected chi connectivity index (χ2v) is 4.38. The van der Waals surface area contributed by atoms with Crippen LogP contribution in [-0.2, 0) is 11.3 Å². The molecule has 1 aliphatic rings. The third kappa shape index (κ3) is 4.20. The maximum absolute atomic E-state index is 11.7. The molecule has 2 rings (SSSR count). The van der Waals surface area contributed by atoms with Crippen molar-refractivity contribution in [1.29, 1.82) is 0 Å². The fourth-order valence-electron chi connectivity index (χ4n) is 1.99. The van der Waals surface area contributed by atoms with Crippen molar-refractivity contribution in [2.45, 2.75) is 13.0 Å². The molecule has 0 bridgehead atoms. The third-order valence-electron chi connectivity index (χ3n) is 2.95. The summed E-state index contributed by atoms with van der Waals surface area (Å²) in [6.45, 7) is 5.11. The molecule has 3 N–H and O–H groups in total. The van der Waals surface area contributed by atoms with Crippen molar-refractivity contribution in [1.82, 2.24) is 20.5 Å². The molecule has 1 aliphatic heterocycles. The summed E-state index contributed by atoms with van der Waals surface area (Å²) >= 11 is 0. The number of hydrogen-bond donors (Lipinski definition) is 3. The zero-order valence-electron chi connectivity index (χ0n) is 10.0. The summed E-state index contributed by atoms with van der Waals surface area (Å²) in [6, 6.07) is 1.97. The summed E-state index contributed by atoms with van der Waals surface area (Å²) in [7, 11) is 0. The van der Waals surface area contributed by atoms with Gasteiger partial charge in [-0.25, -0.2) is 0 Å². The number of H-pyrrole nitrogens is 1. The van der Waals surface area contributed by atoms with E-state index in [0.717, 1.165) is 38.2 Å². The van der Waals surface area contributed by atoms with Crippen LogP contribution in [0.15, 0.2) is 18.5 Å². The molecule has 0 saturated carbocycles. The number of carbonyl (C=O) groups is 1. The van der Waals surface area contributed by atoms with Gasteiger partial charge in [-0.3, -0.25) is 9.69 Å². The van der Waals surface area contributed by atoms with Crippen LogP contribution < -0.4 is 10.6 Å². The summed E-state index contributed by atoms with van der Waals surface area (Å²) in [4.78, 5) is 16.9. The Morgan fingerprint density at radius 2 is 2.35 bits per heavy atom. The monoisotopic (exact) mass is 236 g/mol. The number of nitrogens with zero attached hydrogens (tertiary/aromatic N) is 1. The number of aromatic amines is 1. The van der Waals surface area contributed by atoms with Gasteiger partial charge in [0, 0.05) is 32.0 Å². The van der Waals surface area contributed by atoms with Crippen molar-refractivity contribution in [3.63, 3.8) is 0 Å². The Morgan fingerprint density at radius 1 is 1.41 bits per heavy atom. The van der Waals surface area contributed by atoms with Gasteiger partial charge in [-0.2, -0.15) is 0 Å². The molecule has 1 aromatic heterocycles. The van der Waals surface area contributed by atoms with E-state index in [2.05, 4.69) is 20.5 Å². The normalized spacial score (nSPS) is 17.6. The fourth-order valence-corrected chi connectivity index (χ4v) is 1.99. The van der Waals surface area contributed by atoms with Crippen LogP contribution in [0.25, 0.3) is 0 Å². The van der Waals surface area contributed by atoms with Crippen molar-refractivity contribution in [2.75, 3.05) is 32.7 Å². The number of carbonyl (C=O) groups excluding carboxylic acids is 1. The molecule has 0 atom stereocenters. The van der Waals surface area contributed by atoms with Crippen molar-refractivity contribution < 1.29 is 4.79 Å². The fraction of sp³-hybridized carbons (Fsp3) is 0.583. The van der Waals surface area contributed by atoms with Gasteiger partial charge in [-0.05, 0) is 31.1 Å². The first kappa shape index (κ1) is 12.1. The van der Waals surface area contributed by atoms with Gasteiger partial charge in [-0.15, -0.1) is 0 Å². The van der Waals surface area contributed by atoms with Gasteiger partial charge < -0.3 is 15.6 Å². The average Bonchev–Trinajstić information content (AvgIpc) is 2.72. The zero-order valence-corrected chi connectivity index (χ0v) is 10.0. The van der Waals surface area contributed by atoms with Crippen LogP contribution in [0.2, 0.25) is 0 Å². The highest BCUT2D eigenvalue weighted by molar-refractivity contribution is 5.77. The Hall–Kier alpha value is -1.33.